The van der Waals surface area contributed by atoms with Crippen LogP contribution in [0.1, 0.15) is 11.1 Å². The van der Waals surface area contributed by atoms with E-state index in [0.717, 1.165) is 27.8 Å². The Hall–Kier alpha value is -2.73. The van der Waals surface area contributed by atoms with E-state index in [1.54, 1.807) is 30.3 Å². The summed E-state index contributed by atoms with van der Waals surface area (Å²) in [7, 11) is 0. The van der Waals surface area contributed by atoms with Gasteiger partial charge in [0.05, 0.1) is 10.6 Å². The lowest BCUT2D eigenvalue weighted by atomic mass is 10.2. The number of hydrogen-bond donors (Lipinski definition) is 0. The standard InChI is InChI=1S/C23H15Cl2NO3S/c24-17-9-7-15(8-10-17)14-29-20-6-1-3-16(11-20)12-21-22(27)26(23(28)30-21)19-5-2-4-18(25)13-19/h1-13H,14H2/b21-12-. The van der Waals surface area contributed by atoms with Crippen molar-refractivity contribution in [2.45, 2.75) is 6.61 Å². The van der Waals surface area contributed by atoms with E-state index < -0.39 is 0 Å². The summed E-state index contributed by atoms with van der Waals surface area (Å²) in [5.41, 5.74) is 2.21. The Morgan fingerprint density at radius 2 is 1.67 bits per heavy atom. The SMILES string of the molecule is O=C1S/C(=C\c2cccc(OCc3ccc(Cl)cc3)c2)C(=O)N1c1cccc(Cl)c1. The number of carbonyl (C=O) groups excluding carboxylic acids is 2. The fourth-order valence-corrected chi connectivity index (χ4v) is 4.05. The number of thioether (sulfide) groups is 1. The Kier molecular flexibility index (Phi) is 6.13. The molecule has 3 aromatic rings. The highest BCUT2D eigenvalue weighted by molar-refractivity contribution is 8.19. The second kappa shape index (κ2) is 8.96. The van der Waals surface area contributed by atoms with E-state index in [0.29, 0.717) is 33.0 Å². The predicted octanol–water partition coefficient (Wildman–Crippen LogP) is 6.81. The Morgan fingerprint density at radius 1 is 0.900 bits per heavy atom. The molecule has 0 spiro atoms. The van der Waals surface area contributed by atoms with Crippen LogP contribution in [0.5, 0.6) is 5.75 Å². The molecular formula is C23H15Cl2NO3S. The number of nitrogens with zero attached hydrogens (tertiary/aromatic N) is 1. The molecule has 150 valence electrons. The van der Waals surface area contributed by atoms with Gasteiger partial charge >= 0.3 is 0 Å². The molecule has 1 fully saturated rings. The molecule has 0 aliphatic carbocycles. The van der Waals surface area contributed by atoms with E-state index in [1.807, 2.05) is 48.5 Å². The molecule has 0 bridgehead atoms. The van der Waals surface area contributed by atoms with E-state index in [4.69, 9.17) is 27.9 Å². The molecule has 0 saturated carbocycles. The lowest BCUT2D eigenvalue weighted by Crippen LogP contribution is -2.27. The van der Waals surface area contributed by atoms with E-state index in [9.17, 15) is 9.59 Å². The summed E-state index contributed by atoms with van der Waals surface area (Å²) >= 11 is 12.8. The fourth-order valence-electron chi connectivity index (χ4n) is 2.90. The minimum Gasteiger partial charge on any atom is -0.489 e. The van der Waals surface area contributed by atoms with Gasteiger partial charge in [0.1, 0.15) is 12.4 Å². The average Bonchev–Trinajstić information content (AvgIpc) is 3.01. The number of carbonyl (C=O) groups is 2. The normalized spacial score (nSPS) is 15.1. The van der Waals surface area contributed by atoms with Crippen molar-refractivity contribution in [3.8, 4) is 5.75 Å². The summed E-state index contributed by atoms with van der Waals surface area (Å²) in [6, 6.07) is 21.4. The van der Waals surface area contributed by atoms with Gasteiger partial charge in [-0.15, -0.1) is 0 Å². The van der Waals surface area contributed by atoms with Gasteiger partial charge in [-0.1, -0.05) is 53.5 Å². The first kappa shape index (κ1) is 20.5. The monoisotopic (exact) mass is 455 g/mol. The van der Waals surface area contributed by atoms with Crippen LogP contribution in [0.15, 0.2) is 77.7 Å². The molecule has 4 rings (SSSR count). The number of benzene rings is 3. The van der Waals surface area contributed by atoms with Crippen LogP contribution in [-0.2, 0) is 11.4 Å². The summed E-state index contributed by atoms with van der Waals surface area (Å²) in [5.74, 6) is 0.285. The van der Waals surface area contributed by atoms with Crippen LogP contribution in [0.2, 0.25) is 10.0 Å². The number of anilines is 1. The van der Waals surface area contributed by atoms with Crippen molar-refractivity contribution in [2.24, 2.45) is 0 Å². The molecule has 1 aliphatic rings. The Labute approximate surface area is 188 Å². The van der Waals surface area contributed by atoms with Crippen molar-refractivity contribution in [2.75, 3.05) is 4.90 Å². The molecule has 2 amide bonds. The largest absolute Gasteiger partial charge is 0.489 e. The van der Waals surface area contributed by atoms with Crippen molar-refractivity contribution in [3.63, 3.8) is 0 Å². The van der Waals surface area contributed by atoms with Crippen LogP contribution < -0.4 is 9.64 Å². The van der Waals surface area contributed by atoms with Gasteiger partial charge in [-0.25, -0.2) is 4.90 Å². The molecular weight excluding hydrogens is 441 g/mol. The molecule has 0 unspecified atom stereocenters. The molecule has 4 nitrogen and oxygen atoms in total. The topological polar surface area (TPSA) is 46.6 Å². The lowest BCUT2D eigenvalue weighted by Gasteiger charge is -2.12. The van der Waals surface area contributed by atoms with Crippen molar-refractivity contribution in [3.05, 3.63) is 98.9 Å². The molecule has 1 heterocycles. The zero-order valence-electron chi connectivity index (χ0n) is 15.5. The highest BCUT2D eigenvalue weighted by Crippen LogP contribution is 2.36. The van der Waals surface area contributed by atoms with Crippen LogP contribution in [0, 0.1) is 0 Å². The van der Waals surface area contributed by atoms with Crippen LogP contribution in [0.4, 0.5) is 10.5 Å². The maximum absolute atomic E-state index is 12.8. The van der Waals surface area contributed by atoms with Gasteiger partial charge in [0.15, 0.2) is 0 Å². The summed E-state index contributed by atoms with van der Waals surface area (Å²) in [5, 5.41) is 0.775. The molecule has 0 aromatic heterocycles. The second-order valence-electron chi connectivity index (χ2n) is 6.48. The molecule has 0 N–H and O–H groups in total. The van der Waals surface area contributed by atoms with E-state index in [-0.39, 0.29) is 11.1 Å². The fraction of sp³-hybridized carbons (Fsp3) is 0.0435. The predicted molar refractivity (Wildman–Crippen MR) is 122 cm³/mol. The van der Waals surface area contributed by atoms with Crippen molar-refractivity contribution in [1.82, 2.24) is 0 Å². The van der Waals surface area contributed by atoms with E-state index in [1.165, 1.54) is 0 Å². The smallest absolute Gasteiger partial charge is 0.298 e. The third kappa shape index (κ3) is 4.70. The summed E-state index contributed by atoms with van der Waals surface area (Å²) in [4.78, 5) is 26.7. The van der Waals surface area contributed by atoms with Gasteiger partial charge in [0, 0.05) is 10.0 Å². The summed E-state index contributed by atoms with van der Waals surface area (Å²) in [6.45, 7) is 0.395. The number of ether oxygens (including phenoxy) is 1. The van der Waals surface area contributed by atoms with Crippen LogP contribution in [0.3, 0.4) is 0 Å². The van der Waals surface area contributed by atoms with Gasteiger partial charge in [-0.3, -0.25) is 9.59 Å². The summed E-state index contributed by atoms with van der Waals surface area (Å²) < 4.78 is 5.83. The van der Waals surface area contributed by atoms with Crippen LogP contribution in [0.25, 0.3) is 6.08 Å². The van der Waals surface area contributed by atoms with Gasteiger partial charge < -0.3 is 4.74 Å². The molecule has 0 radical (unpaired) electrons. The highest BCUT2D eigenvalue weighted by atomic mass is 35.5. The third-order valence-electron chi connectivity index (χ3n) is 4.33. The van der Waals surface area contributed by atoms with Gasteiger partial charge in [0.25, 0.3) is 11.1 Å². The van der Waals surface area contributed by atoms with Crippen molar-refractivity contribution < 1.29 is 14.3 Å². The van der Waals surface area contributed by atoms with Gasteiger partial charge in [-0.2, -0.15) is 0 Å². The number of halogens is 2. The molecule has 3 aromatic carbocycles. The number of hydrogen-bond acceptors (Lipinski definition) is 4. The first-order valence-corrected chi connectivity index (χ1v) is 10.6. The summed E-state index contributed by atoms with van der Waals surface area (Å²) in [6.07, 6.45) is 1.69. The molecule has 30 heavy (non-hydrogen) atoms. The van der Waals surface area contributed by atoms with Crippen LogP contribution >= 0.6 is 35.0 Å². The zero-order chi connectivity index (χ0) is 21.1. The second-order valence-corrected chi connectivity index (χ2v) is 8.35. The van der Waals surface area contributed by atoms with E-state index in [2.05, 4.69) is 0 Å². The molecule has 1 aliphatic heterocycles. The maximum atomic E-state index is 12.8. The maximum Gasteiger partial charge on any atom is 0.298 e. The Balaban J connectivity index is 1.50. The molecule has 1 saturated heterocycles. The number of amides is 2. The van der Waals surface area contributed by atoms with E-state index >= 15 is 0 Å². The first-order valence-electron chi connectivity index (χ1n) is 9.00. The molecule has 0 atom stereocenters. The zero-order valence-corrected chi connectivity index (χ0v) is 17.9. The minimum atomic E-state index is -0.375. The quantitative estimate of drug-likeness (QED) is 0.396. The Morgan fingerprint density at radius 3 is 2.43 bits per heavy atom. The average molecular weight is 456 g/mol. The Bertz CT molecular complexity index is 1150. The first-order chi connectivity index (χ1) is 14.5. The van der Waals surface area contributed by atoms with Crippen molar-refractivity contribution in [1.29, 1.82) is 0 Å². The number of imide groups is 1. The van der Waals surface area contributed by atoms with Crippen LogP contribution in [-0.4, -0.2) is 11.1 Å². The molecule has 7 heteroatoms. The van der Waals surface area contributed by atoms with Crippen molar-refractivity contribution >= 4 is 57.9 Å². The minimum absolute atomic E-state index is 0.342. The number of rotatable bonds is 5. The van der Waals surface area contributed by atoms with Gasteiger partial charge in [-0.05, 0) is 71.4 Å². The highest BCUT2D eigenvalue weighted by Gasteiger charge is 2.36. The third-order valence-corrected chi connectivity index (χ3v) is 5.69. The van der Waals surface area contributed by atoms with Gasteiger partial charge in [0.2, 0.25) is 0 Å². The lowest BCUT2D eigenvalue weighted by molar-refractivity contribution is -0.113.